The number of aryl methyl sites for hydroxylation is 1. The number of hydrogen-bond donors (Lipinski definition) is 0. The first kappa shape index (κ1) is 16.4. The van der Waals surface area contributed by atoms with Crippen LogP contribution in [0.5, 0.6) is 0 Å². The van der Waals surface area contributed by atoms with Crippen molar-refractivity contribution in [2.45, 2.75) is 45.6 Å². The van der Waals surface area contributed by atoms with Crippen molar-refractivity contribution < 1.29 is 4.79 Å². The van der Waals surface area contributed by atoms with E-state index in [4.69, 9.17) is 0 Å². The number of piperidine rings is 1. The Morgan fingerprint density at radius 1 is 1.12 bits per heavy atom. The van der Waals surface area contributed by atoms with E-state index in [1.54, 1.807) is 0 Å². The molecule has 4 nitrogen and oxygen atoms in total. The number of carbonyl (C=O) groups excluding carboxylic acids is 1. The Morgan fingerprint density at radius 2 is 1.84 bits per heavy atom. The Morgan fingerprint density at radius 3 is 2.52 bits per heavy atom. The number of amides is 1. The van der Waals surface area contributed by atoms with E-state index in [0.717, 1.165) is 51.1 Å². The summed E-state index contributed by atoms with van der Waals surface area (Å²) in [5.41, 5.74) is 2.40. The lowest BCUT2D eigenvalue weighted by Crippen LogP contribution is -2.39. The Hall–Kier alpha value is -2.10. The zero-order valence-corrected chi connectivity index (χ0v) is 15.0. The molecule has 0 radical (unpaired) electrons. The number of benzene rings is 1. The lowest BCUT2D eigenvalue weighted by atomic mass is 9.93. The molecule has 132 valence electrons. The van der Waals surface area contributed by atoms with Crippen molar-refractivity contribution in [2.75, 3.05) is 13.1 Å². The highest BCUT2D eigenvalue weighted by atomic mass is 16.2. The third kappa shape index (κ3) is 3.63. The predicted octanol–water partition coefficient (Wildman–Crippen LogP) is 3.90. The Balaban J connectivity index is 1.35. The first-order chi connectivity index (χ1) is 12.2. The smallest absolute Gasteiger partial charge is 0.225 e. The Kier molecular flexibility index (Phi) is 4.60. The summed E-state index contributed by atoms with van der Waals surface area (Å²) in [6.07, 6.45) is 7.66. The predicted molar refractivity (Wildman–Crippen MR) is 99.0 cm³/mol. The van der Waals surface area contributed by atoms with Crippen LogP contribution in [0, 0.1) is 18.8 Å². The second-order valence-electron chi connectivity index (χ2n) is 7.57. The van der Waals surface area contributed by atoms with Crippen LogP contribution in [0.3, 0.4) is 0 Å². The quantitative estimate of drug-likeness (QED) is 0.830. The van der Waals surface area contributed by atoms with Gasteiger partial charge < -0.3 is 9.47 Å². The van der Waals surface area contributed by atoms with Crippen molar-refractivity contribution in [3.05, 3.63) is 42.2 Å². The molecule has 4 rings (SSSR count). The van der Waals surface area contributed by atoms with Crippen molar-refractivity contribution >= 4 is 5.91 Å². The average Bonchev–Trinajstić information content (AvgIpc) is 3.44. The summed E-state index contributed by atoms with van der Waals surface area (Å²) >= 11 is 0. The van der Waals surface area contributed by atoms with Crippen LogP contribution >= 0.6 is 0 Å². The molecule has 2 aliphatic rings. The fourth-order valence-corrected chi connectivity index (χ4v) is 3.90. The van der Waals surface area contributed by atoms with E-state index < -0.39 is 0 Å². The lowest BCUT2D eigenvalue weighted by molar-refractivity contribution is -0.133. The Bertz CT molecular complexity index is 725. The molecule has 0 unspecified atom stereocenters. The normalized spacial score (nSPS) is 18.5. The molecular weight excluding hydrogens is 310 g/mol. The van der Waals surface area contributed by atoms with Crippen molar-refractivity contribution in [1.29, 1.82) is 0 Å². The molecule has 1 saturated heterocycles. The number of aromatic nitrogens is 2. The van der Waals surface area contributed by atoms with Crippen LogP contribution < -0.4 is 0 Å². The second-order valence-corrected chi connectivity index (χ2v) is 7.57. The van der Waals surface area contributed by atoms with E-state index >= 15 is 0 Å². The SMILES string of the molecule is Cc1cnc(-c2ccccc2)n1CCC1CCN(C(=O)C2CC2)CC1. The van der Waals surface area contributed by atoms with E-state index in [1.165, 1.54) is 17.7 Å². The van der Waals surface area contributed by atoms with Gasteiger partial charge in [-0.25, -0.2) is 4.98 Å². The highest BCUT2D eigenvalue weighted by Crippen LogP contribution is 2.33. The van der Waals surface area contributed by atoms with Crippen LogP contribution in [0.25, 0.3) is 11.4 Å². The summed E-state index contributed by atoms with van der Waals surface area (Å²) in [6.45, 7) is 5.05. The summed E-state index contributed by atoms with van der Waals surface area (Å²) in [5.74, 6) is 2.56. The summed E-state index contributed by atoms with van der Waals surface area (Å²) in [4.78, 5) is 18.9. The maximum absolute atomic E-state index is 12.2. The first-order valence-electron chi connectivity index (χ1n) is 9.58. The van der Waals surface area contributed by atoms with E-state index in [9.17, 15) is 4.79 Å². The van der Waals surface area contributed by atoms with Crippen molar-refractivity contribution in [2.24, 2.45) is 11.8 Å². The lowest BCUT2D eigenvalue weighted by Gasteiger charge is -2.32. The van der Waals surface area contributed by atoms with Gasteiger partial charge in [-0.3, -0.25) is 4.79 Å². The largest absolute Gasteiger partial charge is 0.342 e. The molecule has 1 aliphatic carbocycles. The van der Waals surface area contributed by atoms with E-state index in [0.29, 0.717) is 17.7 Å². The molecule has 4 heteroatoms. The molecule has 1 aliphatic heterocycles. The molecule has 2 fully saturated rings. The summed E-state index contributed by atoms with van der Waals surface area (Å²) < 4.78 is 2.34. The summed E-state index contributed by atoms with van der Waals surface area (Å²) in [7, 11) is 0. The number of imidazole rings is 1. The van der Waals surface area contributed by atoms with Gasteiger partial charge in [-0.2, -0.15) is 0 Å². The van der Waals surface area contributed by atoms with Gasteiger partial charge in [-0.05, 0) is 44.9 Å². The van der Waals surface area contributed by atoms with Gasteiger partial charge in [0.15, 0.2) is 0 Å². The molecule has 0 N–H and O–H groups in total. The molecule has 2 heterocycles. The molecule has 0 bridgehead atoms. The zero-order chi connectivity index (χ0) is 17.2. The minimum atomic E-state index is 0.360. The topological polar surface area (TPSA) is 38.1 Å². The van der Waals surface area contributed by atoms with Crippen molar-refractivity contribution in [3.8, 4) is 11.4 Å². The molecule has 1 saturated carbocycles. The van der Waals surface area contributed by atoms with Gasteiger partial charge in [-0.15, -0.1) is 0 Å². The number of rotatable bonds is 5. The van der Waals surface area contributed by atoms with Crippen LogP contribution in [-0.2, 0) is 11.3 Å². The minimum Gasteiger partial charge on any atom is -0.342 e. The minimum absolute atomic E-state index is 0.360. The zero-order valence-electron chi connectivity index (χ0n) is 15.0. The second kappa shape index (κ2) is 7.03. The summed E-state index contributed by atoms with van der Waals surface area (Å²) in [5, 5.41) is 0. The molecule has 2 aromatic rings. The highest BCUT2D eigenvalue weighted by Gasteiger charge is 2.34. The Labute approximate surface area is 149 Å². The maximum atomic E-state index is 12.2. The van der Waals surface area contributed by atoms with E-state index in [-0.39, 0.29) is 0 Å². The van der Waals surface area contributed by atoms with Crippen LogP contribution in [0.4, 0.5) is 0 Å². The number of hydrogen-bond acceptors (Lipinski definition) is 2. The molecular formula is C21H27N3O. The van der Waals surface area contributed by atoms with Gasteiger partial charge in [-0.1, -0.05) is 30.3 Å². The third-order valence-electron chi connectivity index (χ3n) is 5.70. The fraction of sp³-hybridized carbons (Fsp3) is 0.524. The van der Waals surface area contributed by atoms with E-state index in [1.807, 2.05) is 12.3 Å². The van der Waals surface area contributed by atoms with Gasteiger partial charge in [0.05, 0.1) is 0 Å². The standard InChI is InChI=1S/C21H27N3O/c1-16-15-22-20(18-5-3-2-4-6-18)24(16)14-11-17-9-12-23(13-10-17)21(25)19-7-8-19/h2-6,15,17,19H,7-14H2,1H3. The van der Waals surface area contributed by atoms with Gasteiger partial charge >= 0.3 is 0 Å². The molecule has 0 atom stereocenters. The molecule has 1 aromatic heterocycles. The summed E-state index contributed by atoms with van der Waals surface area (Å²) in [6, 6.07) is 10.4. The number of likely N-dealkylation sites (tertiary alicyclic amines) is 1. The van der Waals surface area contributed by atoms with E-state index in [2.05, 4.69) is 45.6 Å². The van der Waals surface area contributed by atoms with Gasteiger partial charge in [0.25, 0.3) is 0 Å². The van der Waals surface area contributed by atoms with Crippen LogP contribution in [-0.4, -0.2) is 33.4 Å². The van der Waals surface area contributed by atoms with Crippen LogP contribution in [0.1, 0.15) is 37.8 Å². The fourth-order valence-electron chi connectivity index (χ4n) is 3.90. The van der Waals surface area contributed by atoms with Crippen molar-refractivity contribution in [3.63, 3.8) is 0 Å². The van der Waals surface area contributed by atoms with Gasteiger partial charge in [0, 0.05) is 43.0 Å². The maximum Gasteiger partial charge on any atom is 0.225 e. The first-order valence-corrected chi connectivity index (χ1v) is 9.58. The average molecular weight is 337 g/mol. The van der Waals surface area contributed by atoms with Gasteiger partial charge in [0.2, 0.25) is 5.91 Å². The highest BCUT2D eigenvalue weighted by molar-refractivity contribution is 5.81. The third-order valence-corrected chi connectivity index (χ3v) is 5.70. The van der Waals surface area contributed by atoms with Crippen LogP contribution in [0.2, 0.25) is 0 Å². The molecule has 1 aromatic carbocycles. The monoisotopic (exact) mass is 337 g/mol. The molecule has 25 heavy (non-hydrogen) atoms. The molecule has 0 spiro atoms. The number of nitrogens with zero attached hydrogens (tertiary/aromatic N) is 3. The van der Waals surface area contributed by atoms with Crippen molar-refractivity contribution in [1.82, 2.24) is 14.5 Å². The van der Waals surface area contributed by atoms with Crippen LogP contribution in [0.15, 0.2) is 36.5 Å². The molecule has 1 amide bonds. The van der Waals surface area contributed by atoms with Gasteiger partial charge in [0.1, 0.15) is 5.82 Å². The number of carbonyl (C=O) groups is 1.